The molecular formula is C14H23N3. The molecule has 1 aromatic carbocycles. The number of anilines is 1. The molecular weight excluding hydrogens is 210 g/mol. The molecule has 0 aliphatic carbocycles. The van der Waals surface area contributed by atoms with Crippen molar-refractivity contribution in [3.63, 3.8) is 0 Å². The van der Waals surface area contributed by atoms with E-state index in [1.54, 1.807) is 0 Å². The predicted molar refractivity (Wildman–Crippen MR) is 75.7 cm³/mol. The number of hydrogen-bond acceptors (Lipinski definition) is 1. The van der Waals surface area contributed by atoms with Gasteiger partial charge in [-0.25, -0.2) is 4.99 Å². The summed E-state index contributed by atoms with van der Waals surface area (Å²) in [4.78, 5) is 6.40. The fraction of sp³-hybridized carbons (Fsp3) is 0.500. The van der Waals surface area contributed by atoms with Crippen LogP contribution in [0.25, 0.3) is 0 Å². The summed E-state index contributed by atoms with van der Waals surface area (Å²) in [5.74, 6) is 0.546. The van der Waals surface area contributed by atoms with Crippen molar-refractivity contribution in [2.45, 2.75) is 40.2 Å². The van der Waals surface area contributed by atoms with E-state index in [9.17, 15) is 0 Å². The largest absolute Gasteiger partial charge is 0.370 e. The average Bonchev–Trinajstić information content (AvgIpc) is 2.14. The summed E-state index contributed by atoms with van der Waals surface area (Å²) in [6.07, 6.45) is 0. The second-order valence-corrected chi connectivity index (χ2v) is 5.49. The summed E-state index contributed by atoms with van der Waals surface area (Å²) >= 11 is 0. The highest BCUT2D eigenvalue weighted by Crippen LogP contribution is 2.20. The topological polar surface area (TPSA) is 41.6 Å². The molecule has 0 saturated heterocycles. The maximum absolute atomic E-state index is 6.02. The van der Waals surface area contributed by atoms with Crippen LogP contribution in [0, 0.1) is 13.8 Å². The summed E-state index contributed by atoms with van der Waals surface area (Å²) in [6.45, 7) is 10.3. The molecule has 0 fully saturated rings. The first-order valence-electron chi connectivity index (χ1n) is 5.87. The van der Waals surface area contributed by atoms with Gasteiger partial charge in [-0.1, -0.05) is 17.7 Å². The third-order valence-corrected chi connectivity index (χ3v) is 2.51. The van der Waals surface area contributed by atoms with Crippen LogP contribution in [0.2, 0.25) is 0 Å². The first-order valence-corrected chi connectivity index (χ1v) is 5.87. The molecule has 3 heteroatoms. The van der Waals surface area contributed by atoms with E-state index in [-0.39, 0.29) is 5.54 Å². The van der Waals surface area contributed by atoms with Crippen molar-refractivity contribution < 1.29 is 0 Å². The number of rotatable bonds is 1. The molecule has 3 nitrogen and oxygen atoms in total. The molecule has 0 amide bonds. The average molecular weight is 233 g/mol. The van der Waals surface area contributed by atoms with E-state index in [4.69, 9.17) is 5.73 Å². The molecule has 0 radical (unpaired) electrons. The summed E-state index contributed by atoms with van der Waals surface area (Å²) in [5.41, 5.74) is 9.42. The number of guanidine groups is 1. The third kappa shape index (κ3) is 3.77. The summed E-state index contributed by atoms with van der Waals surface area (Å²) in [7, 11) is 1.95. The van der Waals surface area contributed by atoms with E-state index >= 15 is 0 Å². The minimum Gasteiger partial charge on any atom is -0.370 e. The fourth-order valence-electron chi connectivity index (χ4n) is 1.72. The zero-order valence-electron chi connectivity index (χ0n) is 11.7. The van der Waals surface area contributed by atoms with Crippen molar-refractivity contribution in [1.82, 2.24) is 0 Å². The van der Waals surface area contributed by atoms with Gasteiger partial charge in [-0.05, 0) is 46.2 Å². The quantitative estimate of drug-likeness (QED) is 0.598. The van der Waals surface area contributed by atoms with Crippen molar-refractivity contribution in [2.24, 2.45) is 10.7 Å². The normalized spacial score (nSPS) is 12.7. The first kappa shape index (κ1) is 13.6. The van der Waals surface area contributed by atoms with Crippen molar-refractivity contribution in [3.8, 4) is 0 Å². The van der Waals surface area contributed by atoms with E-state index < -0.39 is 0 Å². The van der Waals surface area contributed by atoms with Crippen LogP contribution < -0.4 is 10.6 Å². The van der Waals surface area contributed by atoms with Crippen LogP contribution in [0.15, 0.2) is 23.2 Å². The molecule has 94 valence electrons. The first-order chi connectivity index (χ1) is 7.70. The van der Waals surface area contributed by atoms with Crippen molar-refractivity contribution in [3.05, 3.63) is 29.3 Å². The van der Waals surface area contributed by atoms with Crippen molar-refractivity contribution in [1.29, 1.82) is 0 Å². The Hall–Kier alpha value is -1.51. The molecule has 0 atom stereocenters. The lowest BCUT2D eigenvalue weighted by Crippen LogP contribution is -2.36. The third-order valence-electron chi connectivity index (χ3n) is 2.51. The van der Waals surface area contributed by atoms with E-state index in [0.29, 0.717) is 5.96 Å². The predicted octanol–water partition coefficient (Wildman–Crippen LogP) is 2.85. The molecule has 0 bridgehead atoms. The van der Waals surface area contributed by atoms with Gasteiger partial charge in [0.25, 0.3) is 0 Å². The van der Waals surface area contributed by atoms with E-state index in [0.717, 1.165) is 5.69 Å². The molecule has 0 aliphatic rings. The summed E-state index contributed by atoms with van der Waals surface area (Å²) in [6, 6.07) is 6.31. The highest BCUT2D eigenvalue weighted by Gasteiger charge is 2.13. The maximum atomic E-state index is 6.02. The van der Waals surface area contributed by atoms with Gasteiger partial charge in [-0.15, -0.1) is 0 Å². The number of nitrogens with zero attached hydrogens (tertiary/aromatic N) is 2. The molecule has 0 saturated carbocycles. The van der Waals surface area contributed by atoms with Gasteiger partial charge in [0.1, 0.15) is 0 Å². The fourth-order valence-corrected chi connectivity index (χ4v) is 1.72. The molecule has 0 unspecified atom stereocenters. The lowest BCUT2D eigenvalue weighted by Gasteiger charge is -2.23. The molecule has 0 spiro atoms. The highest BCUT2D eigenvalue weighted by atomic mass is 15.2. The van der Waals surface area contributed by atoms with Gasteiger partial charge in [0.15, 0.2) is 5.96 Å². The Labute approximate surface area is 104 Å². The van der Waals surface area contributed by atoms with Crippen LogP contribution in [-0.4, -0.2) is 18.5 Å². The van der Waals surface area contributed by atoms with Gasteiger partial charge in [0.2, 0.25) is 0 Å². The SMILES string of the molecule is Cc1ccc(N(C)C(N)=NC(C)(C)C)c(C)c1. The molecule has 0 aliphatic heterocycles. The van der Waals surface area contributed by atoms with Gasteiger partial charge in [0, 0.05) is 12.7 Å². The van der Waals surface area contributed by atoms with Gasteiger partial charge < -0.3 is 10.6 Å². The van der Waals surface area contributed by atoms with Crippen LogP contribution in [0.1, 0.15) is 31.9 Å². The van der Waals surface area contributed by atoms with Crippen LogP contribution in [0.3, 0.4) is 0 Å². The van der Waals surface area contributed by atoms with E-state index in [1.165, 1.54) is 11.1 Å². The maximum Gasteiger partial charge on any atom is 0.196 e. The standard InChI is InChI=1S/C14H23N3/c1-10-7-8-12(11(2)9-10)17(6)13(15)16-14(3,4)5/h7-9H,1-6H3,(H2,15,16). The molecule has 0 heterocycles. The minimum atomic E-state index is -0.156. The smallest absolute Gasteiger partial charge is 0.196 e. The highest BCUT2D eigenvalue weighted by molar-refractivity contribution is 5.95. The Morgan fingerprint density at radius 2 is 1.82 bits per heavy atom. The zero-order chi connectivity index (χ0) is 13.2. The molecule has 2 N–H and O–H groups in total. The van der Waals surface area contributed by atoms with Gasteiger partial charge >= 0.3 is 0 Å². The Morgan fingerprint density at radius 3 is 2.29 bits per heavy atom. The number of aliphatic imine (C=N–C) groups is 1. The molecule has 17 heavy (non-hydrogen) atoms. The van der Waals surface area contributed by atoms with E-state index in [1.807, 2.05) is 32.7 Å². The summed E-state index contributed by atoms with van der Waals surface area (Å²) < 4.78 is 0. The van der Waals surface area contributed by atoms with Crippen LogP contribution in [0.4, 0.5) is 5.69 Å². The molecule has 1 rings (SSSR count). The number of aryl methyl sites for hydroxylation is 2. The minimum absolute atomic E-state index is 0.156. The monoisotopic (exact) mass is 233 g/mol. The zero-order valence-corrected chi connectivity index (χ0v) is 11.7. The number of nitrogens with two attached hydrogens (primary N) is 1. The van der Waals surface area contributed by atoms with Crippen molar-refractivity contribution in [2.75, 3.05) is 11.9 Å². The Kier molecular flexibility index (Phi) is 3.81. The molecule has 0 aromatic heterocycles. The Balaban J connectivity index is 3.04. The van der Waals surface area contributed by atoms with Gasteiger partial charge in [-0.3, -0.25) is 0 Å². The Morgan fingerprint density at radius 1 is 1.24 bits per heavy atom. The second kappa shape index (κ2) is 4.78. The van der Waals surface area contributed by atoms with E-state index in [2.05, 4.69) is 37.0 Å². The van der Waals surface area contributed by atoms with Gasteiger partial charge in [0.05, 0.1) is 5.54 Å². The van der Waals surface area contributed by atoms with Gasteiger partial charge in [-0.2, -0.15) is 0 Å². The molecule has 1 aromatic rings. The van der Waals surface area contributed by atoms with Crippen LogP contribution in [0.5, 0.6) is 0 Å². The second-order valence-electron chi connectivity index (χ2n) is 5.49. The summed E-state index contributed by atoms with van der Waals surface area (Å²) in [5, 5.41) is 0. The van der Waals surface area contributed by atoms with Crippen LogP contribution >= 0.6 is 0 Å². The van der Waals surface area contributed by atoms with Crippen LogP contribution in [-0.2, 0) is 0 Å². The Bertz CT molecular complexity index is 428. The lowest BCUT2D eigenvalue weighted by atomic mass is 10.1. The van der Waals surface area contributed by atoms with Crippen molar-refractivity contribution >= 4 is 11.6 Å². The number of benzene rings is 1. The number of hydrogen-bond donors (Lipinski definition) is 1. The lowest BCUT2D eigenvalue weighted by molar-refractivity contribution is 0.581.